The summed E-state index contributed by atoms with van der Waals surface area (Å²) in [4.78, 5) is 4.09. The van der Waals surface area contributed by atoms with E-state index in [1.807, 2.05) is 13.8 Å². The van der Waals surface area contributed by atoms with Crippen molar-refractivity contribution in [3.05, 3.63) is 60.6 Å². The molecule has 0 unspecified atom stereocenters. The Bertz CT molecular complexity index is 1040. The molecular weight excluding hydrogens is 352 g/mol. The van der Waals surface area contributed by atoms with E-state index in [2.05, 4.69) is 9.71 Å². The van der Waals surface area contributed by atoms with Gasteiger partial charge in [0, 0.05) is 17.7 Å². The number of aromatic nitrogens is 1. The topological polar surface area (TPSA) is 81.4 Å². The third-order valence-corrected chi connectivity index (χ3v) is 5.58. The Labute approximate surface area is 151 Å². The number of anilines is 1. The van der Waals surface area contributed by atoms with E-state index in [9.17, 15) is 8.42 Å². The highest BCUT2D eigenvalue weighted by Crippen LogP contribution is 2.36. The highest BCUT2D eigenvalue weighted by molar-refractivity contribution is 7.92. The number of fused-ring (bicyclic) bond motifs is 1. The number of rotatable bonds is 4. The van der Waals surface area contributed by atoms with Gasteiger partial charge < -0.3 is 9.15 Å². The molecule has 26 heavy (non-hydrogen) atoms. The molecule has 3 aromatic rings. The van der Waals surface area contributed by atoms with Gasteiger partial charge in [0.15, 0.2) is 12.2 Å². The molecule has 2 heterocycles. The van der Waals surface area contributed by atoms with E-state index >= 15 is 0 Å². The smallest absolute Gasteiger partial charge is 0.261 e. The lowest BCUT2D eigenvalue weighted by atomic mass is 10.0. The van der Waals surface area contributed by atoms with Crippen LogP contribution in [0.5, 0.6) is 5.75 Å². The lowest BCUT2D eigenvalue weighted by molar-refractivity contribution is 0.138. The molecule has 0 saturated heterocycles. The number of benzene rings is 2. The number of nitrogens with zero attached hydrogens (tertiary/aromatic N) is 1. The molecule has 0 atom stereocenters. The average Bonchev–Trinajstić information content (AvgIpc) is 3.20. The zero-order valence-corrected chi connectivity index (χ0v) is 15.2. The van der Waals surface area contributed by atoms with Crippen LogP contribution in [0.25, 0.3) is 11.3 Å². The quantitative estimate of drug-likeness (QED) is 0.754. The van der Waals surface area contributed by atoms with Crippen LogP contribution in [0, 0.1) is 0 Å². The fourth-order valence-electron chi connectivity index (χ4n) is 3.03. The van der Waals surface area contributed by atoms with Gasteiger partial charge in [-0.1, -0.05) is 0 Å². The van der Waals surface area contributed by atoms with Crippen molar-refractivity contribution >= 4 is 15.7 Å². The first-order valence-electron chi connectivity index (χ1n) is 8.16. The van der Waals surface area contributed by atoms with Gasteiger partial charge in [0.1, 0.15) is 11.4 Å². The monoisotopic (exact) mass is 370 g/mol. The Morgan fingerprint density at radius 3 is 2.58 bits per heavy atom. The summed E-state index contributed by atoms with van der Waals surface area (Å²) in [6.45, 7) is 3.96. The van der Waals surface area contributed by atoms with Crippen LogP contribution in [0.4, 0.5) is 5.69 Å². The highest BCUT2D eigenvalue weighted by atomic mass is 32.2. The molecule has 0 fully saturated rings. The summed E-state index contributed by atoms with van der Waals surface area (Å²) in [5.41, 5.74) is 1.89. The van der Waals surface area contributed by atoms with Crippen molar-refractivity contribution in [2.24, 2.45) is 0 Å². The Balaban J connectivity index is 1.56. The van der Waals surface area contributed by atoms with Gasteiger partial charge in [-0.05, 0) is 61.9 Å². The van der Waals surface area contributed by atoms with Crippen molar-refractivity contribution in [1.29, 1.82) is 0 Å². The molecule has 0 bridgehead atoms. The molecule has 0 amide bonds. The number of ether oxygens (including phenoxy) is 1. The lowest BCUT2D eigenvalue weighted by Crippen LogP contribution is -2.24. The molecule has 6 nitrogen and oxygen atoms in total. The molecule has 1 N–H and O–H groups in total. The van der Waals surface area contributed by atoms with Crippen LogP contribution < -0.4 is 9.46 Å². The average molecular weight is 370 g/mol. The molecule has 134 valence electrons. The molecule has 0 spiro atoms. The van der Waals surface area contributed by atoms with Gasteiger partial charge >= 0.3 is 0 Å². The predicted molar refractivity (Wildman–Crippen MR) is 97.6 cm³/mol. The van der Waals surface area contributed by atoms with Crippen molar-refractivity contribution in [1.82, 2.24) is 4.98 Å². The third-order valence-electron chi connectivity index (χ3n) is 4.20. The fourth-order valence-corrected chi connectivity index (χ4v) is 4.14. The van der Waals surface area contributed by atoms with Gasteiger partial charge in [-0.25, -0.2) is 13.4 Å². The summed E-state index contributed by atoms with van der Waals surface area (Å²) in [6, 6.07) is 11.9. The Kier molecular flexibility index (Phi) is 3.77. The van der Waals surface area contributed by atoms with Crippen molar-refractivity contribution in [2.45, 2.75) is 30.8 Å². The molecule has 1 aliphatic heterocycles. The van der Waals surface area contributed by atoms with Gasteiger partial charge in [0.05, 0.1) is 11.1 Å². The van der Waals surface area contributed by atoms with Crippen molar-refractivity contribution in [3.63, 3.8) is 0 Å². The normalized spacial score (nSPS) is 15.3. The maximum Gasteiger partial charge on any atom is 0.261 e. The zero-order valence-electron chi connectivity index (χ0n) is 14.4. The predicted octanol–water partition coefficient (Wildman–Crippen LogP) is 3.86. The van der Waals surface area contributed by atoms with Crippen LogP contribution in [0.15, 0.2) is 64.4 Å². The second-order valence-corrected chi connectivity index (χ2v) is 8.54. The minimum absolute atomic E-state index is 0.219. The molecule has 0 saturated carbocycles. The standard InChI is InChI=1S/C19H18N2O4S/c1-19(2)10-14-9-16(7-8-17(14)25-19)26(22,23)21-15-5-3-13(4-6-15)18-11-20-12-24-18/h3-9,11-12,21H,10H2,1-2H3. The molecule has 7 heteroatoms. The third kappa shape index (κ3) is 3.17. The number of oxazole rings is 1. The van der Waals surface area contributed by atoms with Gasteiger partial charge in [-0.3, -0.25) is 4.72 Å². The number of hydrogen-bond donors (Lipinski definition) is 1. The van der Waals surface area contributed by atoms with Crippen LogP contribution in [0.2, 0.25) is 0 Å². The largest absolute Gasteiger partial charge is 0.487 e. The van der Waals surface area contributed by atoms with Crippen LogP contribution in [-0.2, 0) is 16.4 Å². The number of nitrogens with one attached hydrogen (secondary N) is 1. The first-order valence-corrected chi connectivity index (χ1v) is 9.64. The summed E-state index contributed by atoms with van der Waals surface area (Å²) in [6.07, 6.45) is 3.63. The van der Waals surface area contributed by atoms with Crippen molar-refractivity contribution < 1.29 is 17.6 Å². The van der Waals surface area contributed by atoms with E-state index < -0.39 is 10.0 Å². The first-order chi connectivity index (χ1) is 12.3. The van der Waals surface area contributed by atoms with Crippen LogP contribution in [-0.4, -0.2) is 19.0 Å². The second-order valence-electron chi connectivity index (χ2n) is 6.86. The van der Waals surface area contributed by atoms with E-state index in [0.29, 0.717) is 17.9 Å². The molecule has 2 aromatic carbocycles. The van der Waals surface area contributed by atoms with Gasteiger partial charge in [0.2, 0.25) is 0 Å². The van der Waals surface area contributed by atoms with Crippen LogP contribution in [0.1, 0.15) is 19.4 Å². The molecule has 0 aliphatic carbocycles. The Hall–Kier alpha value is -2.80. The molecule has 4 rings (SSSR count). The summed E-state index contributed by atoms with van der Waals surface area (Å²) in [5, 5.41) is 0. The van der Waals surface area contributed by atoms with E-state index in [0.717, 1.165) is 16.9 Å². The summed E-state index contributed by atoms with van der Waals surface area (Å²) < 4.78 is 39.0. The van der Waals surface area contributed by atoms with Crippen LogP contribution >= 0.6 is 0 Å². The fraction of sp³-hybridized carbons (Fsp3) is 0.211. The summed E-state index contributed by atoms with van der Waals surface area (Å²) in [7, 11) is -3.68. The second kappa shape index (κ2) is 5.88. The first kappa shape index (κ1) is 16.7. The maximum atomic E-state index is 12.7. The van der Waals surface area contributed by atoms with Crippen molar-refractivity contribution in [3.8, 4) is 17.1 Å². The zero-order chi connectivity index (χ0) is 18.4. The maximum absolute atomic E-state index is 12.7. The minimum atomic E-state index is -3.68. The van der Waals surface area contributed by atoms with Gasteiger partial charge in [-0.15, -0.1) is 0 Å². The lowest BCUT2D eigenvalue weighted by Gasteiger charge is -2.16. The summed E-state index contributed by atoms with van der Waals surface area (Å²) >= 11 is 0. The van der Waals surface area contributed by atoms with E-state index in [-0.39, 0.29) is 10.5 Å². The molecule has 0 radical (unpaired) electrons. The van der Waals surface area contributed by atoms with E-state index in [1.54, 1.807) is 48.7 Å². The van der Waals surface area contributed by atoms with E-state index in [4.69, 9.17) is 9.15 Å². The van der Waals surface area contributed by atoms with Gasteiger partial charge in [0.25, 0.3) is 10.0 Å². The van der Waals surface area contributed by atoms with Crippen LogP contribution in [0.3, 0.4) is 0 Å². The van der Waals surface area contributed by atoms with Crippen molar-refractivity contribution in [2.75, 3.05) is 4.72 Å². The highest BCUT2D eigenvalue weighted by Gasteiger charge is 2.31. The summed E-state index contributed by atoms with van der Waals surface area (Å²) in [5.74, 6) is 1.37. The molecular formula is C19H18N2O4S. The molecule has 1 aromatic heterocycles. The molecule has 1 aliphatic rings. The SMILES string of the molecule is CC1(C)Cc2cc(S(=O)(=O)Nc3ccc(-c4cnco4)cc3)ccc2O1. The Morgan fingerprint density at radius 2 is 1.88 bits per heavy atom. The number of sulfonamides is 1. The number of hydrogen-bond acceptors (Lipinski definition) is 5. The van der Waals surface area contributed by atoms with E-state index in [1.165, 1.54) is 6.39 Å². The Morgan fingerprint density at radius 1 is 1.12 bits per heavy atom. The minimum Gasteiger partial charge on any atom is -0.487 e. The van der Waals surface area contributed by atoms with Gasteiger partial charge in [-0.2, -0.15) is 0 Å².